The minimum Gasteiger partial charge on any atom is -0.457 e. The van der Waals surface area contributed by atoms with Crippen molar-refractivity contribution in [3.8, 4) is 0 Å². The van der Waals surface area contributed by atoms with E-state index in [-0.39, 0.29) is 5.03 Å². The Balaban J connectivity index is 1.78. The Hall–Kier alpha value is -2.33. The minimum atomic E-state index is -0.456. The van der Waals surface area contributed by atoms with Crippen LogP contribution in [0.4, 0.5) is 0 Å². The van der Waals surface area contributed by atoms with Crippen LogP contribution in [0, 0.1) is 0 Å². The normalized spacial score (nSPS) is 15.8. The van der Waals surface area contributed by atoms with Crippen molar-refractivity contribution >= 4 is 40.5 Å². The van der Waals surface area contributed by atoms with Gasteiger partial charge in [-0.15, -0.1) is 0 Å². The Morgan fingerprint density at radius 1 is 1.33 bits per heavy atom. The number of para-hydroxylation sites is 1. The molecule has 1 aromatic carbocycles. The molecule has 0 saturated carbocycles. The molecule has 1 aliphatic rings. The largest absolute Gasteiger partial charge is 0.457 e. The lowest BCUT2D eigenvalue weighted by molar-refractivity contribution is -0.139. The van der Waals surface area contributed by atoms with E-state index in [1.807, 2.05) is 30.3 Å². The number of fused-ring (bicyclic) bond motifs is 1. The fraction of sp³-hybridized carbons (Fsp3) is 0.125. The standard InChI is InChI=1S/C16H12ClNO3/c17-13-5-3-9-18(16(13)20)15(19)8-7-12-10-11-4-1-2-6-14(11)21-12/h1-2,4-8,10H,3,9H2/b8-7+. The Kier molecular flexibility index (Phi) is 3.62. The highest BCUT2D eigenvalue weighted by Crippen LogP contribution is 2.20. The summed E-state index contributed by atoms with van der Waals surface area (Å²) in [5, 5.41) is 1.05. The number of carbonyl (C=O) groups is 2. The lowest BCUT2D eigenvalue weighted by Crippen LogP contribution is -2.38. The molecule has 0 saturated heterocycles. The summed E-state index contributed by atoms with van der Waals surface area (Å²) in [6.07, 6.45) is 5.08. The van der Waals surface area contributed by atoms with Crippen LogP contribution in [-0.4, -0.2) is 23.3 Å². The minimum absolute atomic E-state index is 0.0896. The number of imide groups is 1. The Labute approximate surface area is 126 Å². The van der Waals surface area contributed by atoms with Crippen LogP contribution in [0.15, 0.2) is 51.9 Å². The van der Waals surface area contributed by atoms with Crippen LogP contribution >= 0.6 is 11.6 Å². The third-order valence-corrected chi connectivity index (χ3v) is 3.54. The van der Waals surface area contributed by atoms with Gasteiger partial charge in [-0.05, 0) is 24.6 Å². The van der Waals surface area contributed by atoms with Crippen LogP contribution in [0.3, 0.4) is 0 Å². The van der Waals surface area contributed by atoms with Gasteiger partial charge in [0.15, 0.2) is 0 Å². The van der Waals surface area contributed by atoms with Gasteiger partial charge in [0.05, 0.1) is 0 Å². The third kappa shape index (κ3) is 2.76. The molecule has 1 aromatic heterocycles. The maximum Gasteiger partial charge on any atom is 0.271 e. The van der Waals surface area contributed by atoms with Crippen molar-refractivity contribution in [3.63, 3.8) is 0 Å². The van der Waals surface area contributed by atoms with Crippen LogP contribution < -0.4 is 0 Å². The highest BCUT2D eigenvalue weighted by atomic mass is 35.5. The maximum atomic E-state index is 12.0. The molecule has 1 aliphatic heterocycles. The quantitative estimate of drug-likeness (QED) is 0.800. The summed E-state index contributed by atoms with van der Waals surface area (Å²) in [6.45, 7) is 0.346. The lowest BCUT2D eigenvalue weighted by Gasteiger charge is -2.21. The number of amides is 2. The van der Waals surface area contributed by atoms with E-state index in [0.29, 0.717) is 18.7 Å². The molecule has 0 radical (unpaired) electrons. The van der Waals surface area contributed by atoms with E-state index < -0.39 is 11.8 Å². The molecule has 0 spiro atoms. The molecule has 0 bridgehead atoms. The number of rotatable bonds is 2. The van der Waals surface area contributed by atoms with Gasteiger partial charge in [-0.25, -0.2) is 0 Å². The predicted octanol–water partition coefficient (Wildman–Crippen LogP) is 3.33. The number of hydrogen-bond acceptors (Lipinski definition) is 3. The van der Waals surface area contributed by atoms with Crippen molar-refractivity contribution < 1.29 is 14.0 Å². The van der Waals surface area contributed by atoms with Gasteiger partial charge in [0.1, 0.15) is 16.4 Å². The van der Waals surface area contributed by atoms with Crippen molar-refractivity contribution in [2.24, 2.45) is 0 Å². The molecule has 0 unspecified atom stereocenters. The fourth-order valence-electron chi connectivity index (χ4n) is 2.18. The van der Waals surface area contributed by atoms with Gasteiger partial charge in [0, 0.05) is 18.0 Å². The van der Waals surface area contributed by atoms with Gasteiger partial charge in [-0.1, -0.05) is 35.9 Å². The first-order valence-corrected chi connectivity index (χ1v) is 6.91. The van der Waals surface area contributed by atoms with Crippen LogP contribution in [0.25, 0.3) is 17.0 Å². The third-order valence-electron chi connectivity index (χ3n) is 3.23. The smallest absolute Gasteiger partial charge is 0.271 e. The van der Waals surface area contributed by atoms with E-state index in [2.05, 4.69) is 0 Å². The summed E-state index contributed by atoms with van der Waals surface area (Å²) < 4.78 is 5.57. The molecule has 0 atom stereocenters. The number of benzene rings is 1. The van der Waals surface area contributed by atoms with Crippen molar-refractivity contribution in [3.05, 3.63) is 53.3 Å². The van der Waals surface area contributed by atoms with Gasteiger partial charge >= 0.3 is 0 Å². The molecule has 21 heavy (non-hydrogen) atoms. The van der Waals surface area contributed by atoms with Gasteiger partial charge < -0.3 is 4.42 Å². The van der Waals surface area contributed by atoms with E-state index in [9.17, 15) is 9.59 Å². The molecule has 3 rings (SSSR count). The van der Waals surface area contributed by atoms with E-state index in [1.54, 1.807) is 12.2 Å². The topological polar surface area (TPSA) is 50.5 Å². The number of furan rings is 1. The molecule has 0 fully saturated rings. The summed E-state index contributed by atoms with van der Waals surface area (Å²) in [6, 6.07) is 9.41. The van der Waals surface area contributed by atoms with Crippen LogP contribution in [0.1, 0.15) is 12.2 Å². The summed E-state index contributed by atoms with van der Waals surface area (Å²) in [4.78, 5) is 24.9. The van der Waals surface area contributed by atoms with Crippen molar-refractivity contribution in [1.82, 2.24) is 4.90 Å². The average Bonchev–Trinajstić information content (AvgIpc) is 2.90. The highest BCUT2D eigenvalue weighted by molar-refractivity contribution is 6.43. The van der Waals surface area contributed by atoms with Gasteiger partial charge in [-0.2, -0.15) is 0 Å². The predicted molar refractivity (Wildman–Crippen MR) is 80.5 cm³/mol. The average molecular weight is 302 g/mol. The monoisotopic (exact) mass is 301 g/mol. The molecule has 106 valence electrons. The van der Waals surface area contributed by atoms with Crippen LogP contribution in [-0.2, 0) is 9.59 Å². The zero-order valence-electron chi connectivity index (χ0n) is 11.1. The van der Waals surface area contributed by atoms with Crippen LogP contribution in [0.2, 0.25) is 0 Å². The molecule has 2 heterocycles. The maximum absolute atomic E-state index is 12.0. The van der Waals surface area contributed by atoms with Gasteiger partial charge in [0.25, 0.3) is 11.8 Å². The van der Waals surface area contributed by atoms with Crippen LogP contribution in [0.5, 0.6) is 0 Å². The molecule has 5 heteroatoms. The number of nitrogens with zero attached hydrogens (tertiary/aromatic N) is 1. The Morgan fingerprint density at radius 2 is 2.14 bits per heavy atom. The zero-order chi connectivity index (χ0) is 14.8. The fourth-order valence-corrected chi connectivity index (χ4v) is 2.39. The van der Waals surface area contributed by atoms with Gasteiger partial charge in [0.2, 0.25) is 0 Å². The Bertz CT molecular complexity index is 740. The van der Waals surface area contributed by atoms with Crippen molar-refractivity contribution in [1.29, 1.82) is 0 Å². The van der Waals surface area contributed by atoms with E-state index in [0.717, 1.165) is 15.9 Å². The second kappa shape index (κ2) is 5.58. The first-order valence-electron chi connectivity index (χ1n) is 6.53. The van der Waals surface area contributed by atoms with E-state index >= 15 is 0 Å². The lowest BCUT2D eigenvalue weighted by atomic mass is 10.2. The molecule has 0 aliphatic carbocycles. The first-order chi connectivity index (χ1) is 10.1. The number of hydrogen-bond donors (Lipinski definition) is 0. The van der Waals surface area contributed by atoms with Gasteiger partial charge in [-0.3, -0.25) is 14.5 Å². The van der Waals surface area contributed by atoms with Crippen molar-refractivity contribution in [2.45, 2.75) is 6.42 Å². The second-order valence-corrected chi connectivity index (χ2v) is 5.06. The molecule has 0 N–H and O–H groups in total. The zero-order valence-corrected chi connectivity index (χ0v) is 11.8. The highest BCUT2D eigenvalue weighted by Gasteiger charge is 2.24. The summed E-state index contributed by atoms with van der Waals surface area (Å²) in [5.41, 5.74) is 0.754. The molecule has 2 aromatic rings. The molecular formula is C16H12ClNO3. The van der Waals surface area contributed by atoms with E-state index in [4.69, 9.17) is 16.0 Å². The Morgan fingerprint density at radius 3 is 2.95 bits per heavy atom. The van der Waals surface area contributed by atoms with Crippen molar-refractivity contribution in [2.75, 3.05) is 6.54 Å². The molecule has 2 amide bonds. The SMILES string of the molecule is O=C(/C=C/c1cc2ccccc2o1)N1CCC=C(Cl)C1=O. The summed E-state index contributed by atoms with van der Waals surface area (Å²) in [7, 11) is 0. The molecule has 4 nitrogen and oxygen atoms in total. The van der Waals surface area contributed by atoms with E-state index in [1.165, 1.54) is 6.08 Å². The number of carbonyl (C=O) groups excluding carboxylic acids is 2. The first kappa shape index (κ1) is 13.6. The summed E-state index contributed by atoms with van der Waals surface area (Å²) >= 11 is 5.75. The summed E-state index contributed by atoms with van der Waals surface area (Å²) in [5.74, 6) is -0.287. The molecular weight excluding hydrogens is 290 g/mol. The second-order valence-electron chi connectivity index (χ2n) is 4.66. The number of halogens is 1.